The molecular formula is C20H17N3O5. The van der Waals surface area contributed by atoms with E-state index in [0.29, 0.717) is 24.4 Å². The van der Waals surface area contributed by atoms with Gasteiger partial charge in [0.25, 0.3) is 0 Å². The molecule has 142 valence electrons. The number of hydrogen-bond acceptors (Lipinski definition) is 6. The van der Waals surface area contributed by atoms with E-state index in [4.69, 9.17) is 4.74 Å². The molecule has 4 rings (SSSR count). The lowest BCUT2D eigenvalue weighted by molar-refractivity contribution is -0.118. The third-order valence-electron chi connectivity index (χ3n) is 4.83. The molecule has 0 radical (unpaired) electrons. The lowest BCUT2D eigenvalue weighted by Gasteiger charge is -2.16. The Kier molecular flexibility index (Phi) is 4.18. The van der Waals surface area contributed by atoms with Crippen molar-refractivity contribution in [2.75, 3.05) is 0 Å². The number of nitrogens with zero attached hydrogens (tertiary/aromatic N) is 2. The number of rotatable bonds is 3. The summed E-state index contributed by atoms with van der Waals surface area (Å²) < 4.78 is 7.19. The quantitative estimate of drug-likeness (QED) is 0.817. The lowest BCUT2D eigenvalue weighted by Crippen LogP contribution is -2.33. The van der Waals surface area contributed by atoms with Crippen molar-refractivity contribution >= 4 is 23.4 Å². The fourth-order valence-corrected chi connectivity index (χ4v) is 3.50. The molecule has 0 saturated carbocycles. The second-order valence-corrected chi connectivity index (χ2v) is 6.71. The first-order valence-electron chi connectivity index (χ1n) is 8.82. The molecule has 1 unspecified atom stereocenters. The van der Waals surface area contributed by atoms with Crippen LogP contribution in [0.4, 0.5) is 0 Å². The van der Waals surface area contributed by atoms with E-state index in [9.17, 15) is 19.2 Å². The lowest BCUT2D eigenvalue weighted by atomic mass is 9.95. The Hall–Kier alpha value is -3.55. The van der Waals surface area contributed by atoms with E-state index in [0.717, 1.165) is 0 Å². The number of Topliss-reactive ketones (excluding diaryl/α,β-unsaturated/α-hetero) is 2. The number of allylic oxidation sites excluding steroid dienone is 2. The number of hydrogen-bond donors (Lipinski definition) is 1. The molecule has 0 spiro atoms. The molecule has 8 nitrogen and oxygen atoms in total. The van der Waals surface area contributed by atoms with Crippen molar-refractivity contribution in [2.45, 2.75) is 32.9 Å². The summed E-state index contributed by atoms with van der Waals surface area (Å²) in [7, 11) is 0. The summed E-state index contributed by atoms with van der Waals surface area (Å²) in [5, 5.41) is 2.42. The molecular weight excluding hydrogens is 362 g/mol. The summed E-state index contributed by atoms with van der Waals surface area (Å²) >= 11 is 0. The molecule has 2 aromatic rings. The number of fused-ring (bicyclic) bond motifs is 3. The number of imidazole rings is 1. The molecule has 1 N–H and O–H groups in total. The van der Waals surface area contributed by atoms with Crippen molar-refractivity contribution in [3.8, 4) is 0 Å². The Bertz CT molecular complexity index is 1070. The first-order valence-corrected chi connectivity index (χ1v) is 8.82. The minimum atomic E-state index is -0.650. The van der Waals surface area contributed by atoms with Crippen LogP contribution >= 0.6 is 0 Å². The number of benzene rings is 1. The number of ether oxygens (including phenoxy) is 1. The van der Waals surface area contributed by atoms with Crippen LogP contribution < -0.4 is 5.32 Å². The third-order valence-corrected chi connectivity index (χ3v) is 4.83. The van der Waals surface area contributed by atoms with Crippen molar-refractivity contribution in [3.05, 3.63) is 64.4 Å². The summed E-state index contributed by atoms with van der Waals surface area (Å²) in [6, 6.07) is 8.57. The van der Waals surface area contributed by atoms with Gasteiger partial charge < -0.3 is 14.6 Å². The number of nitrogens with one attached hydrogen (secondary N) is 1. The standard InChI is InChI=1S/C20H17N3O5/c1-10-14(21-11(2)24)18(26)15-16(17(10)25)23-9-8-13(19(23)22-15)28-20(27)12-6-4-3-5-7-12/h3-7,13H,8-9H2,1-2H3,(H,21,24). The second kappa shape index (κ2) is 6.56. The first kappa shape index (κ1) is 17.8. The summed E-state index contributed by atoms with van der Waals surface area (Å²) in [5.74, 6) is -1.45. The van der Waals surface area contributed by atoms with Crippen LogP contribution in [-0.2, 0) is 16.1 Å². The Balaban J connectivity index is 1.66. The summed E-state index contributed by atoms with van der Waals surface area (Å²) in [6.07, 6.45) is -0.180. The number of esters is 1. The highest BCUT2D eigenvalue weighted by molar-refractivity contribution is 6.26. The molecule has 0 saturated heterocycles. The van der Waals surface area contributed by atoms with Crippen molar-refractivity contribution in [3.63, 3.8) is 0 Å². The number of carbonyl (C=O) groups excluding carboxylic acids is 4. The fourth-order valence-electron chi connectivity index (χ4n) is 3.50. The van der Waals surface area contributed by atoms with E-state index >= 15 is 0 Å². The van der Waals surface area contributed by atoms with Crippen molar-refractivity contribution in [1.29, 1.82) is 0 Å². The van der Waals surface area contributed by atoms with Crippen LogP contribution in [0, 0.1) is 0 Å². The molecule has 2 aliphatic rings. The maximum Gasteiger partial charge on any atom is 0.338 e. The van der Waals surface area contributed by atoms with Gasteiger partial charge in [0.1, 0.15) is 11.4 Å². The van der Waals surface area contributed by atoms with Crippen LogP contribution in [0.25, 0.3) is 0 Å². The monoisotopic (exact) mass is 379 g/mol. The number of aromatic nitrogens is 2. The molecule has 0 bridgehead atoms. The van der Waals surface area contributed by atoms with Gasteiger partial charge >= 0.3 is 5.97 Å². The van der Waals surface area contributed by atoms with Gasteiger partial charge in [-0.2, -0.15) is 0 Å². The van der Waals surface area contributed by atoms with Gasteiger partial charge in [-0.05, 0) is 19.1 Å². The summed E-state index contributed by atoms with van der Waals surface area (Å²) in [6.45, 7) is 3.17. The Morgan fingerprint density at radius 1 is 1.18 bits per heavy atom. The minimum Gasteiger partial charge on any atom is -0.451 e. The van der Waals surface area contributed by atoms with Crippen LogP contribution in [0.15, 0.2) is 41.6 Å². The number of carbonyl (C=O) groups is 4. The van der Waals surface area contributed by atoms with E-state index < -0.39 is 23.8 Å². The second-order valence-electron chi connectivity index (χ2n) is 6.71. The normalized spacial score (nSPS) is 18.0. The van der Waals surface area contributed by atoms with E-state index in [2.05, 4.69) is 10.3 Å². The number of ketones is 2. The van der Waals surface area contributed by atoms with E-state index in [-0.39, 0.29) is 28.4 Å². The van der Waals surface area contributed by atoms with Gasteiger partial charge in [-0.3, -0.25) is 14.4 Å². The van der Waals surface area contributed by atoms with Gasteiger partial charge in [0.15, 0.2) is 11.9 Å². The van der Waals surface area contributed by atoms with Crippen LogP contribution in [0.3, 0.4) is 0 Å². The topological polar surface area (TPSA) is 107 Å². The van der Waals surface area contributed by atoms with Crippen LogP contribution in [0.5, 0.6) is 0 Å². The van der Waals surface area contributed by atoms with Crippen LogP contribution in [0.1, 0.15) is 63.5 Å². The molecule has 1 aromatic heterocycles. The van der Waals surface area contributed by atoms with Crippen molar-refractivity contribution in [1.82, 2.24) is 14.9 Å². The zero-order chi connectivity index (χ0) is 20.0. The van der Waals surface area contributed by atoms with Gasteiger partial charge in [-0.1, -0.05) is 18.2 Å². The highest BCUT2D eigenvalue weighted by Gasteiger charge is 2.41. The third kappa shape index (κ3) is 2.74. The van der Waals surface area contributed by atoms with Crippen LogP contribution in [0.2, 0.25) is 0 Å². The molecule has 1 atom stereocenters. The predicted molar refractivity (Wildman–Crippen MR) is 96.6 cm³/mol. The molecule has 8 heteroatoms. The van der Waals surface area contributed by atoms with Crippen LogP contribution in [-0.4, -0.2) is 33.0 Å². The molecule has 1 amide bonds. The zero-order valence-corrected chi connectivity index (χ0v) is 15.3. The molecule has 1 aliphatic carbocycles. The zero-order valence-electron chi connectivity index (χ0n) is 15.3. The van der Waals surface area contributed by atoms with Crippen molar-refractivity contribution in [2.24, 2.45) is 0 Å². The minimum absolute atomic E-state index is 0.0187. The molecule has 28 heavy (non-hydrogen) atoms. The Morgan fingerprint density at radius 3 is 2.57 bits per heavy atom. The SMILES string of the molecule is CC(=O)NC1=C(C)C(=O)c2c(nc3n2CCC3OC(=O)c2ccccc2)C1=O. The van der Waals surface area contributed by atoms with Gasteiger partial charge in [0.05, 0.1) is 11.3 Å². The largest absolute Gasteiger partial charge is 0.451 e. The van der Waals surface area contributed by atoms with E-state index in [1.165, 1.54) is 13.8 Å². The first-order chi connectivity index (χ1) is 13.4. The fraction of sp³-hybridized carbons (Fsp3) is 0.250. The van der Waals surface area contributed by atoms with E-state index in [1.54, 1.807) is 34.9 Å². The molecule has 1 aromatic carbocycles. The highest BCUT2D eigenvalue weighted by atomic mass is 16.5. The van der Waals surface area contributed by atoms with Gasteiger partial charge in [-0.15, -0.1) is 0 Å². The highest BCUT2D eigenvalue weighted by Crippen LogP contribution is 2.35. The predicted octanol–water partition coefficient (Wildman–Crippen LogP) is 1.97. The van der Waals surface area contributed by atoms with Gasteiger partial charge in [0, 0.05) is 25.5 Å². The average Bonchev–Trinajstić information content (AvgIpc) is 3.24. The van der Waals surface area contributed by atoms with Gasteiger partial charge in [0.2, 0.25) is 17.5 Å². The Morgan fingerprint density at radius 2 is 1.89 bits per heavy atom. The molecule has 0 fully saturated rings. The van der Waals surface area contributed by atoms with Gasteiger partial charge in [-0.25, -0.2) is 9.78 Å². The Labute approximate surface area is 160 Å². The van der Waals surface area contributed by atoms with E-state index in [1.807, 2.05) is 0 Å². The smallest absolute Gasteiger partial charge is 0.338 e. The summed E-state index contributed by atoms with van der Waals surface area (Å²) in [5.41, 5.74) is 0.689. The molecule has 2 heterocycles. The number of amides is 1. The molecule has 1 aliphatic heterocycles. The average molecular weight is 379 g/mol. The maximum absolute atomic E-state index is 12.8. The summed E-state index contributed by atoms with van der Waals surface area (Å²) in [4.78, 5) is 53.6. The van der Waals surface area contributed by atoms with Crippen molar-refractivity contribution < 1.29 is 23.9 Å². The maximum atomic E-state index is 12.8.